The molecule has 0 aromatic carbocycles. The first kappa shape index (κ1) is 10.7. The summed E-state index contributed by atoms with van der Waals surface area (Å²) in [4.78, 5) is 3.44. The summed E-state index contributed by atoms with van der Waals surface area (Å²) >= 11 is 5.58. The van der Waals surface area contributed by atoms with Crippen LogP contribution in [0.25, 0.3) is 0 Å². The van der Waals surface area contributed by atoms with E-state index in [-0.39, 0.29) is 16.5 Å². The molecule has 0 fully saturated rings. The monoisotopic (exact) mass is 218 g/mol. The van der Waals surface area contributed by atoms with Crippen molar-refractivity contribution in [2.24, 2.45) is 0 Å². The summed E-state index contributed by atoms with van der Waals surface area (Å²) < 4.78 is 29.1. The molecule has 0 amide bonds. The second-order valence-electron chi connectivity index (χ2n) is 2.33. The van der Waals surface area contributed by atoms with E-state index in [9.17, 15) is 8.78 Å². The van der Waals surface area contributed by atoms with Crippen LogP contribution in [0.3, 0.4) is 0 Å². The van der Waals surface area contributed by atoms with Crippen LogP contribution in [-0.2, 0) is 0 Å². The van der Waals surface area contributed by atoms with E-state index in [1.54, 1.807) is 6.07 Å². The van der Waals surface area contributed by atoms with Crippen molar-refractivity contribution in [1.29, 1.82) is 5.26 Å². The number of methoxy groups -OCH3 is 1. The highest BCUT2D eigenvalue weighted by molar-refractivity contribution is 6.31. The number of hydrogen-bond acceptors (Lipinski definition) is 3. The lowest BCUT2D eigenvalue weighted by atomic mass is 10.2. The van der Waals surface area contributed by atoms with Crippen molar-refractivity contribution in [1.82, 2.24) is 4.98 Å². The molecule has 1 heterocycles. The fraction of sp³-hybridized carbons (Fsp3) is 0.250. The van der Waals surface area contributed by atoms with E-state index in [1.165, 1.54) is 7.11 Å². The minimum atomic E-state index is -2.74. The fourth-order valence-corrected chi connectivity index (χ4v) is 1.11. The Bertz CT molecular complexity index is 390. The largest absolute Gasteiger partial charge is 0.480 e. The van der Waals surface area contributed by atoms with Crippen molar-refractivity contribution in [2.75, 3.05) is 7.11 Å². The summed E-state index contributed by atoms with van der Waals surface area (Å²) in [7, 11) is 1.23. The van der Waals surface area contributed by atoms with Crippen molar-refractivity contribution in [2.45, 2.75) is 6.43 Å². The Morgan fingerprint density at radius 2 is 2.29 bits per heavy atom. The number of rotatable bonds is 2. The maximum atomic E-state index is 12.2. The highest BCUT2D eigenvalue weighted by Gasteiger charge is 2.16. The van der Waals surface area contributed by atoms with Crippen LogP contribution >= 0.6 is 11.6 Å². The molecule has 0 radical (unpaired) electrons. The lowest BCUT2D eigenvalue weighted by molar-refractivity contribution is 0.145. The van der Waals surface area contributed by atoms with Gasteiger partial charge < -0.3 is 4.74 Å². The Morgan fingerprint density at radius 1 is 1.64 bits per heavy atom. The summed E-state index contributed by atoms with van der Waals surface area (Å²) in [6.07, 6.45) is -2.74. The molecule has 1 rings (SSSR count). The predicted octanol–water partition coefficient (Wildman–Crippen LogP) is 2.55. The molecule has 0 aliphatic rings. The zero-order valence-corrected chi connectivity index (χ0v) is 7.85. The summed E-state index contributed by atoms with van der Waals surface area (Å²) in [6.45, 7) is 0. The van der Waals surface area contributed by atoms with Gasteiger partial charge in [-0.1, -0.05) is 11.6 Å². The molecule has 74 valence electrons. The first-order valence-electron chi connectivity index (χ1n) is 3.52. The van der Waals surface area contributed by atoms with Crippen molar-refractivity contribution >= 4 is 11.6 Å². The Morgan fingerprint density at radius 3 is 2.71 bits per heavy atom. The van der Waals surface area contributed by atoms with Gasteiger partial charge in [-0.2, -0.15) is 5.26 Å². The van der Waals surface area contributed by atoms with Gasteiger partial charge in [0, 0.05) is 0 Å². The van der Waals surface area contributed by atoms with Crippen LogP contribution in [0.4, 0.5) is 8.78 Å². The standard InChI is InChI=1S/C8H5ClF2N2O/c1-14-8-4(3-12)5(9)2-6(13-8)7(10)11/h2,7H,1H3. The van der Waals surface area contributed by atoms with Gasteiger partial charge in [0.05, 0.1) is 12.1 Å². The molecule has 0 bridgehead atoms. The number of nitrogens with zero attached hydrogens (tertiary/aromatic N) is 2. The Labute approximate surface area is 83.9 Å². The highest BCUT2D eigenvalue weighted by atomic mass is 35.5. The van der Waals surface area contributed by atoms with E-state index in [0.29, 0.717) is 0 Å². The number of halogens is 3. The summed E-state index contributed by atoms with van der Waals surface area (Å²) in [5.41, 5.74) is -0.551. The van der Waals surface area contributed by atoms with Gasteiger partial charge in [0.1, 0.15) is 17.3 Å². The lowest BCUT2D eigenvalue weighted by Crippen LogP contribution is -1.98. The number of alkyl halides is 2. The number of aromatic nitrogens is 1. The molecule has 6 heteroatoms. The third-order valence-electron chi connectivity index (χ3n) is 1.49. The average molecular weight is 219 g/mol. The maximum absolute atomic E-state index is 12.2. The van der Waals surface area contributed by atoms with Gasteiger partial charge in [-0.25, -0.2) is 13.8 Å². The summed E-state index contributed by atoms with van der Waals surface area (Å²) in [5.74, 6) is -0.185. The Hall–Kier alpha value is -1.41. The molecule has 0 saturated carbocycles. The molecule has 1 aromatic heterocycles. The number of nitriles is 1. The van der Waals surface area contributed by atoms with Crippen LogP contribution in [0.2, 0.25) is 5.02 Å². The molecule has 0 unspecified atom stereocenters. The Kier molecular flexibility index (Phi) is 3.20. The van der Waals surface area contributed by atoms with Gasteiger partial charge in [0.2, 0.25) is 5.88 Å². The van der Waals surface area contributed by atoms with Crippen molar-refractivity contribution < 1.29 is 13.5 Å². The lowest BCUT2D eigenvalue weighted by Gasteiger charge is -2.05. The SMILES string of the molecule is COc1nc(C(F)F)cc(Cl)c1C#N. The van der Waals surface area contributed by atoms with Gasteiger partial charge in [-0.15, -0.1) is 0 Å². The molecule has 0 N–H and O–H groups in total. The van der Waals surface area contributed by atoms with Gasteiger partial charge >= 0.3 is 0 Å². The highest BCUT2D eigenvalue weighted by Crippen LogP contribution is 2.28. The van der Waals surface area contributed by atoms with E-state index in [1.807, 2.05) is 0 Å². The normalized spacial score (nSPS) is 10.0. The van der Waals surface area contributed by atoms with Crippen LogP contribution < -0.4 is 4.74 Å². The van der Waals surface area contributed by atoms with Crippen LogP contribution in [0.5, 0.6) is 5.88 Å². The molecule has 14 heavy (non-hydrogen) atoms. The molecule has 0 spiro atoms. The molecule has 3 nitrogen and oxygen atoms in total. The van der Waals surface area contributed by atoms with E-state index >= 15 is 0 Å². The third-order valence-corrected chi connectivity index (χ3v) is 1.78. The van der Waals surface area contributed by atoms with Gasteiger partial charge in [0.15, 0.2) is 0 Å². The molecular weight excluding hydrogens is 214 g/mol. The van der Waals surface area contributed by atoms with Crippen molar-refractivity contribution in [3.05, 3.63) is 22.3 Å². The molecule has 0 saturated heterocycles. The smallest absolute Gasteiger partial charge is 0.280 e. The zero-order valence-electron chi connectivity index (χ0n) is 7.09. The zero-order chi connectivity index (χ0) is 10.7. The third kappa shape index (κ3) is 1.91. The predicted molar refractivity (Wildman–Crippen MR) is 45.5 cm³/mol. The number of hydrogen-bond donors (Lipinski definition) is 0. The molecule has 0 atom stereocenters. The van der Waals surface area contributed by atoms with Gasteiger partial charge in [-0.3, -0.25) is 0 Å². The summed E-state index contributed by atoms with van der Waals surface area (Å²) in [5, 5.41) is 8.53. The van der Waals surface area contributed by atoms with E-state index in [4.69, 9.17) is 16.9 Å². The topological polar surface area (TPSA) is 45.9 Å². The van der Waals surface area contributed by atoms with Crippen molar-refractivity contribution in [3.63, 3.8) is 0 Å². The minimum absolute atomic E-state index is 0.0430. The van der Waals surface area contributed by atoms with E-state index < -0.39 is 12.1 Å². The van der Waals surface area contributed by atoms with Crippen molar-refractivity contribution in [3.8, 4) is 11.9 Å². The molecule has 0 aliphatic carbocycles. The fourth-order valence-electron chi connectivity index (χ4n) is 0.870. The van der Waals surface area contributed by atoms with Crippen LogP contribution in [0.1, 0.15) is 17.7 Å². The second-order valence-corrected chi connectivity index (χ2v) is 2.73. The van der Waals surface area contributed by atoms with E-state index in [2.05, 4.69) is 9.72 Å². The second kappa shape index (κ2) is 4.20. The van der Waals surface area contributed by atoms with Crippen LogP contribution in [0.15, 0.2) is 6.07 Å². The first-order valence-corrected chi connectivity index (χ1v) is 3.90. The number of ether oxygens (including phenoxy) is 1. The van der Waals surface area contributed by atoms with Gasteiger partial charge in [0.25, 0.3) is 6.43 Å². The molecule has 1 aromatic rings. The maximum Gasteiger partial charge on any atom is 0.280 e. The van der Waals surface area contributed by atoms with E-state index in [0.717, 1.165) is 6.07 Å². The minimum Gasteiger partial charge on any atom is -0.480 e. The summed E-state index contributed by atoms with van der Waals surface area (Å²) in [6, 6.07) is 2.67. The first-order chi connectivity index (χ1) is 6.60. The average Bonchev–Trinajstić information content (AvgIpc) is 2.16. The quantitative estimate of drug-likeness (QED) is 0.766. The Balaban J connectivity index is 3.33. The van der Waals surface area contributed by atoms with Crippen LogP contribution in [0, 0.1) is 11.3 Å². The van der Waals surface area contributed by atoms with Crippen LogP contribution in [-0.4, -0.2) is 12.1 Å². The van der Waals surface area contributed by atoms with Gasteiger partial charge in [-0.05, 0) is 6.07 Å². The molecule has 0 aliphatic heterocycles. The molecular formula is C8H5ClF2N2O. The number of pyridine rings is 1.